The third-order valence-electron chi connectivity index (χ3n) is 3.07. The Morgan fingerprint density at radius 2 is 1.95 bits per heavy atom. The lowest BCUT2D eigenvalue weighted by Crippen LogP contribution is -2.30. The number of carbonyl (C=O) groups excluding carboxylic acids is 2. The van der Waals surface area contributed by atoms with Crippen LogP contribution in [0.15, 0.2) is 46.8 Å². The quantitative estimate of drug-likeness (QED) is 0.700. The standard InChI is InChI=1S/C15H11FN2O2S/c16-12-3-1-10(2-4-12)8-18-14(19)13(17-15(18)20)7-11-5-6-21-9-11/h1-7,9H,8H2,(H,17,20)/b13-7-. The Labute approximate surface area is 124 Å². The molecule has 0 saturated carbocycles. The van der Waals surface area contributed by atoms with Gasteiger partial charge in [-0.15, -0.1) is 0 Å². The smallest absolute Gasteiger partial charge is 0.303 e. The van der Waals surface area contributed by atoms with E-state index in [1.54, 1.807) is 18.2 Å². The van der Waals surface area contributed by atoms with Gasteiger partial charge in [-0.3, -0.25) is 9.69 Å². The van der Waals surface area contributed by atoms with Crippen LogP contribution in [0.5, 0.6) is 0 Å². The van der Waals surface area contributed by atoms with Gasteiger partial charge < -0.3 is 5.32 Å². The maximum Gasteiger partial charge on any atom is 0.329 e. The Kier molecular flexibility index (Phi) is 3.53. The fraction of sp³-hybridized carbons (Fsp3) is 0.0667. The topological polar surface area (TPSA) is 49.4 Å². The molecule has 3 rings (SSSR count). The Balaban J connectivity index is 1.79. The Morgan fingerprint density at radius 1 is 1.19 bits per heavy atom. The van der Waals surface area contributed by atoms with Crippen LogP contribution in [0.3, 0.4) is 0 Å². The van der Waals surface area contributed by atoms with Crippen LogP contribution in [0.1, 0.15) is 11.1 Å². The number of nitrogens with zero attached hydrogens (tertiary/aromatic N) is 1. The summed E-state index contributed by atoms with van der Waals surface area (Å²) < 4.78 is 12.9. The highest BCUT2D eigenvalue weighted by Crippen LogP contribution is 2.18. The molecule has 1 aliphatic heterocycles. The van der Waals surface area contributed by atoms with Gasteiger partial charge in [0.25, 0.3) is 5.91 Å². The van der Waals surface area contributed by atoms with Gasteiger partial charge in [-0.2, -0.15) is 11.3 Å². The number of carbonyl (C=O) groups is 2. The number of hydrogen-bond donors (Lipinski definition) is 1. The zero-order valence-electron chi connectivity index (χ0n) is 10.9. The van der Waals surface area contributed by atoms with E-state index >= 15 is 0 Å². The van der Waals surface area contributed by atoms with Gasteiger partial charge in [0, 0.05) is 0 Å². The number of benzene rings is 1. The zero-order chi connectivity index (χ0) is 14.8. The van der Waals surface area contributed by atoms with Gasteiger partial charge in [-0.1, -0.05) is 12.1 Å². The molecule has 0 bridgehead atoms. The van der Waals surface area contributed by atoms with E-state index in [1.807, 2.05) is 16.8 Å². The maximum atomic E-state index is 12.9. The molecule has 0 aliphatic carbocycles. The first-order valence-corrected chi connectivity index (χ1v) is 7.19. The molecule has 3 amide bonds. The monoisotopic (exact) mass is 302 g/mol. The molecule has 2 heterocycles. The molecule has 0 radical (unpaired) electrons. The van der Waals surface area contributed by atoms with E-state index in [0.717, 1.165) is 10.5 Å². The number of nitrogens with one attached hydrogen (secondary N) is 1. The molecular formula is C15H11FN2O2S. The minimum absolute atomic E-state index is 0.117. The van der Waals surface area contributed by atoms with Crippen molar-refractivity contribution < 1.29 is 14.0 Å². The molecule has 4 nitrogen and oxygen atoms in total. The second-order valence-electron chi connectivity index (χ2n) is 4.56. The molecule has 1 fully saturated rings. The predicted octanol–water partition coefficient (Wildman–Crippen LogP) is 2.98. The van der Waals surface area contributed by atoms with Crippen molar-refractivity contribution in [3.05, 3.63) is 63.7 Å². The zero-order valence-corrected chi connectivity index (χ0v) is 11.7. The van der Waals surface area contributed by atoms with Gasteiger partial charge in [0.05, 0.1) is 6.54 Å². The van der Waals surface area contributed by atoms with Crippen LogP contribution < -0.4 is 5.32 Å². The molecule has 1 aliphatic rings. The fourth-order valence-corrected chi connectivity index (χ4v) is 2.63. The molecule has 106 valence electrons. The Bertz CT molecular complexity index is 708. The largest absolute Gasteiger partial charge is 0.329 e. The third kappa shape index (κ3) is 2.85. The van der Waals surface area contributed by atoms with Gasteiger partial charge in [0.1, 0.15) is 11.5 Å². The summed E-state index contributed by atoms with van der Waals surface area (Å²) in [5, 5.41) is 6.33. The highest BCUT2D eigenvalue weighted by Gasteiger charge is 2.33. The normalized spacial score (nSPS) is 16.6. The number of urea groups is 1. The molecule has 21 heavy (non-hydrogen) atoms. The van der Waals surface area contributed by atoms with Crippen LogP contribution in [0.4, 0.5) is 9.18 Å². The lowest BCUT2D eigenvalue weighted by Gasteiger charge is -2.11. The van der Waals surface area contributed by atoms with Crippen LogP contribution in [0, 0.1) is 5.82 Å². The van der Waals surface area contributed by atoms with Crippen LogP contribution >= 0.6 is 11.3 Å². The minimum atomic E-state index is -0.467. The fourth-order valence-electron chi connectivity index (χ4n) is 2.01. The summed E-state index contributed by atoms with van der Waals surface area (Å²) in [5.74, 6) is -0.732. The van der Waals surface area contributed by atoms with Crippen molar-refractivity contribution in [3.8, 4) is 0 Å². The van der Waals surface area contributed by atoms with Crippen molar-refractivity contribution in [3.63, 3.8) is 0 Å². The number of rotatable bonds is 3. The summed E-state index contributed by atoms with van der Waals surface area (Å²) in [5.41, 5.74) is 1.81. The average molecular weight is 302 g/mol. The van der Waals surface area contributed by atoms with Crippen molar-refractivity contribution >= 4 is 29.4 Å². The van der Waals surface area contributed by atoms with Gasteiger partial charge in [0.15, 0.2) is 0 Å². The molecule has 1 aromatic heterocycles. The number of thiophene rings is 1. The molecule has 0 unspecified atom stereocenters. The molecule has 0 spiro atoms. The number of imide groups is 1. The average Bonchev–Trinajstić information content (AvgIpc) is 3.06. The first kappa shape index (κ1) is 13.5. The van der Waals surface area contributed by atoms with E-state index in [9.17, 15) is 14.0 Å². The van der Waals surface area contributed by atoms with E-state index in [-0.39, 0.29) is 24.0 Å². The molecule has 1 saturated heterocycles. The second-order valence-corrected chi connectivity index (χ2v) is 5.34. The van der Waals surface area contributed by atoms with E-state index in [1.165, 1.54) is 23.5 Å². The van der Waals surface area contributed by atoms with Gasteiger partial charge in [-0.25, -0.2) is 9.18 Å². The van der Waals surface area contributed by atoms with Crippen molar-refractivity contribution in [2.45, 2.75) is 6.54 Å². The lowest BCUT2D eigenvalue weighted by atomic mass is 10.2. The maximum absolute atomic E-state index is 12.9. The van der Waals surface area contributed by atoms with Gasteiger partial charge in [0.2, 0.25) is 0 Å². The summed E-state index contributed by atoms with van der Waals surface area (Å²) in [6, 6.07) is 7.10. The van der Waals surface area contributed by atoms with Crippen molar-refractivity contribution in [2.24, 2.45) is 0 Å². The first-order valence-electron chi connectivity index (χ1n) is 6.25. The molecule has 2 aromatic rings. The predicted molar refractivity (Wildman–Crippen MR) is 77.8 cm³/mol. The van der Waals surface area contributed by atoms with Crippen molar-refractivity contribution in [2.75, 3.05) is 0 Å². The van der Waals surface area contributed by atoms with Gasteiger partial charge >= 0.3 is 6.03 Å². The summed E-state index contributed by atoms with van der Waals surface area (Å²) in [6.45, 7) is 0.117. The summed E-state index contributed by atoms with van der Waals surface area (Å²) in [4.78, 5) is 25.2. The third-order valence-corrected chi connectivity index (χ3v) is 3.77. The summed E-state index contributed by atoms with van der Waals surface area (Å²) >= 11 is 1.51. The van der Waals surface area contributed by atoms with Crippen LogP contribution in [-0.4, -0.2) is 16.8 Å². The molecular weight excluding hydrogens is 291 g/mol. The van der Waals surface area contributed by atoms with Crippen LogP contribution in [0.2, 0.25) is 0 Å². The lowest BCUT2D eigenvalue weighted by molar-refractivity contribution is -0.123. The molecule has 6 heteroatoms. The van der Waals surface area contributed by atoms with E-state index in [4.69, 9.17) is 0 Å². The molecule has 0 atom stereocenters. The second kappa shape index (κ2) is 5.49. The van der Waals surface area contributed by atoms with Crippen molar-refractivity contribution in [1.82, 2.24) is 10.2 Å². The van der Waals surface area contributed by atoms with Crippen LogP contribution in [-0.2, 0) is 11.3 Å². The first-order chi connectivity index (χ1) is 10.1. The van der Waals surface area contributed by atoms with E-state index in [0.29, 0.717) is 5.56 Å². The number of hydrogen-bond acceptors (Lipinski definition) is 3. The highest BCUT2D eigenvalue weighted by molar-refractivity contribution is 7.08. The SMILES string of the molecule is O=C1N/C(=C\c2ccsc2)C(=O)N1Cc1ccc(F)cc1. The molecule has 1 aromatic carbocycles. The number of amides is 3. The van der Waals surface area contributed by atoms with Crippen LogP contribution in [0.25, 0.3) is 6.08 Å². The molecule has 1 N–H and O–H groups in total. The van der Waals surface area contributed by atoms with Gasteiger partial charge in [-0.05, 0) is 46.2 Å². The summed E-state index contributed by atoms with van der Waals surface area (Å²) in [6.07, 6.45) is 1.64. The number of halogens is 1. The van der Waals surface area contributed by atoms with E-state index in [2.05, 4.69) is 5.32 Å². The Hall–Kier alpha value is -2.47. The van der Waals surface area contributed by atoms with E-state index < -0.39 is 6.03 Å². The Morgan fingerprint density at radius 3 is 2.62 bits per heavy atom. The van der Waals surface area contributed by atoms with Crippen molar-refractivity contribution in [1.29, 1.82) is 0 Å². The summed E-state index contributed by atoms with van der Waals surface area (Å²) in [7, 11) is 0. The minimum Gasteiger partial charge on any atom is -0.303 e. The highest BCUT2D eigenvalue weighted by atomic mass is 32.1.